The largest absolute Gasteiger partial charge is 0.498 e. The number of aryl methyl sites for hydroxylation is 5. The molecule has 1 saturated carbocycles. The highest BCUT2D eigenvalue weighted by Gasteiger charge is 2.53. The van der Waals surface area contributed by atoms with Crippen molar-refractivity contribution >= 4 is 181 Å². The summed E-state index contributed by atoms with van der Waals surface area (Å²) in [5.41, 5.74) is 13.5. The average molecular weight is 1810 g/mol. The molecule has 14 aromatic rings. The van der Waals surface area contributed by atoms with E-state index in [4.69, 9.17) is 94.1 Å². The summed E-state index contributed by atoms with van der Waals surface area (Å²) in [5.74, 6) is 2.47. The number of aromatic amines is 2. The van der Waals surface area contributed by atoms with Gasteiger partial charge in [-0.1, -0.05) is 93.9 Å². The van der Waals surface area contributed by atoms with Crippen LogP contribution >= 0.6 is 101 Å². The van der Waals surface area contributed by atoms with E-state index < -0.39 is 28.2 Å². The molecule has 600 valence electrons. The summed E-state index contributed by atoms with van der Waals surface area (Å²) in [6, 6.07) is 27.9. The van der Waals surface area contributed by atoms with E-state index in [1.807, 2.05) is 139 Å². The summed E-state index contributed by atoms with van der Waals surface area (Å²) in [6.45, 7) is 15.7. The second kappa shape index (κ2) is 39.9. The molecule has 0 spiro atoms. The number of rotatable bonds is 13. The summed E-state index contributed by atoms with van der Waals surface area (Å²) < 4.78 is 29.9. The number of benzene rings is 3. The van der Waals surface area contributed by atoms with Crippen LogP contribution in [0.4, 0.5) is 11.4 Å². The van der Waals surface area contributed by atoms with Crippen molar-refractivity contribution < 1.29 is 33.4 Å². The zero-order valence-electron chi connectivity index (χ0n) is 64.3. The van der Waals surface area contributed by atoms with Gasteiger partial charge in [0.2, 0.25) is 17.6 Å². The molecule has 1 aliphatic carbocycles. The quantitative estimate of drug-likeness (QED) is 0.0418. The van der Waals surface area contributed by atoms with E-state index in [-0.39, 0.29) is 33.5 Å². The fraction of sp³-hybridized carbons (Fsp3) is 0.263. The number of pyridine rings is 5. The first kappa shape index (κ1) is 88.7. The van der Waals surface area contributed by atoms with Crippen molar-refractivity contribution in [2.75, 3.05) is 28.3 Å². The summed E-state index contributed by atoms with van der Waals surface area (Å²) in [4.78, 5) is 60.1. The Hall–Kier alpha value is -10.2. The number of fused-ring (bicyclic) bond motifs is 4. The highest BCUT2D eigenvalue weighted by atomic mass is 79.9. The lowest BCUT2D eigenvalue weighted by Crippen LogP contribution is -2.41. The molecule has 4 N–H and O–H groups in total. The Bertz CT molecular complexity index is 5780. The molecule has 115 heavy (non-hydrogen) atoms. The first-order chi connectivity index (χ1) is 54.6. The molecule has 2 aliphatic rings. The number of carbonyl (C=O) groups is 1. The van der Waals surface area contributed by atoms with E-state index in [1.165, 1.54) is 21.7 Å². The van der Waals surface area contributed by atoms with Crippen LogP contribution in [0.1, 0.15) is 65.5 Å². The number of aromatic nitrogens is 17. The standard InChI is InChI=1S/C18H17ClN6O.C15H21BN4O3.C9H8BrClN2.C9H10ClN3O2.C8H6ClN.C7H4BrClN2.C6H5ClN2O2.C4H7NO/c1-4-25-10-14(13-8-16(19)20-9-15(13)25)11-6-5-7-12(17(11)26-3)18-21-23-24(2)22-18;1-14(2)15(3,4)23-16(22-14)11-9-7-8-10(12(11)21-6)13-17-19-20(5)18-13;1-2-13-5-7(10)6-3-9(11)12-4-8(6)13;1-12(2)4-3-7-5-9(10)11-6-8(7)13(14)15;9-7-1-2-8-6(5-7)3-4-10-8;8-5-2-10-6-3-11-7(9)1-4(5)6;1-4-2-6(7)8-3-5(4)9(10)11;5-4(6)3-1-2-3/h5-10H,4H2,1-3H3;7-9H,1-6H3;3-5H,2H2,1H3;3-6H,1-2H3;1-5,10H;1-3,10H;2-3H,1H3;3H,1-2H2,(H2,5,6)/b;;;4-3+;;;;. The Labute approximate surface area is 707 Å². The second-order valence-electron chi connectivity index (χ2n) is 26.5. The summed E-state index contributed by atoms with van der Waals surface area (Å²) in [5, 5.41) is 52.6. The number of hydrogen-bond donors (Lipinski definition) is 3. The SMILES string of the molecule is CCn1cc(-c2cccc(-c3nnn(C)n3)c2OC)c2cc(Cl)ncc21.CCn1cc(Br)c2cc(Cl)ncc21.CN(C)/C=C/c1cc(Cl)ncc1[N+](=O)[O-].COc1c(B2OC(C)(C)C(C)(C)O2)cccc1-c1nnn(C)n1.Cc1cc(Cl)ncc1[N+](=O)[O-].Clc1cc2c(Br)c[nH]c2cn1.Clc1ccc2[nH]ccc2c1.NC(=O)C1CC1. The molecule has 1 amide bonds. The Kier molecular flexibility index (Phi) is 30.8. The van der Waals surface area contributed by atoms with Gasteiger partial charge in [-0.3, -0.25) is 25.0 Å². The van der Waals surface area contributed by atoms with E-state index in [0.29, 0.717) is 49.7 Å². The number of methoxy groups -OCH3 is 2. The zero-order valence-corrected chi connectivity index (χ0v) is 72.0. The number of para-hydroxylation sites is 2. The molecule has 16 rings (SSSR count). The zero-order chi connectivity index (χ0) is 83.8. The molecule has 3 aromatic carbocycles. The van der Waals surface area contributed by atoms with Crippen molar-refractivity contribution in [2.24, 2.45) is 25.7 Å². The van der Waals surface area contributed by atoms with Gasteiger partial charge in [-0.2, -0.15) is 9.59 Å². The molecule has 11 aromatic heterocycles. The van der Waals surface area contributed by atoms with Crippen LogP contribution in [0.5, 0.6) is 11.5 Å². The van der Waals surface area contributed by atoms with Gasteiger partial charge in [-0.25, -0.2) is 24.9 Å². The lowest BCUT2D eigenvalue weighted by Gasteiger charge is -2.32. The smallest absolute Gasteiger partial charge is 0.496 e. The number of tetrazole rings is 2. The number of nitrogens with zero attached hydrogens (tertiary/aromatic N) is 18. The molecule has 2 fully saturated rings. The average Bonchev–Trinajstić information content (AvgIpc) is 1.58. The first-order valence-electron chi connectivity index (χ1n) is 35.0. The normalized spacial score (nSPS) is 12.9. The van der Waals surface area contributed by atoms with Gasteiger partial charge in [0.05, 0.1) is 101 Å². The fourth-order valence-corrected chi connectivity index (χ4v) is 13.1. The molecule has 12 heterocycles. The number of nitrogens with one attached hydrogen (secondary N) is 2. The molecular weight excluding hydrogens is 1730 g/mol. The minimum Gasteiger partial charge on any atom is -0.496 e. The maximum Gasteiger partial charge on any atom is 0.498 e. The number of ether oxygens (including phenoxy) is 2. The van der Waals surface area contributed by atoms with Crippen molar-refractivity contribution in [2.45, 2.75) is 85.6 Å². The van der Waals surface area contributed by atoms with Crippen LogP contribution in [0.2, 0.25) is 30.8 Å². The molecule has 0 radical (unpaired) electrons. The number of primary amides is 1. The van der Waals surface area contributed by atoms with Crippen LogP contribution in [0.25, 0.3) is 83.6 Å². The Balaban J connectivity index is 0.000000156. The lowest BCUT2D eigenvalue weighted by molar-refractivity contribution is -0.385. The molecule has 39 heteroatoms. The molecule has 1 saturated heterocycles. The third kappa shape index (κ3) is 23.1. The molecule has 0 unspecified atom stereocenters. The maximum atomic E-state index is 10.7. The molecule has 1 aliphatic heterocycles. The van der Waals surface area contributed by atoms with Gasteiger partial charge in [-0.05, 0) is 183 Å². The lowest BCUT2D eigenvalue weighted by atomic mass is 9.77. The van der Waals surface area contributed by atoms with E-state index in [9.17, 15) is 25.0 Å². The predicted octanol–water partition coefficient (Wildman–Crippen LogP) is 18.0. The Morgan fingerprint density at radius 1 is 0.643 bits per heavy atom. The van der Waals surface area contributed by atoms with Crippen molar-refractivity contribution in [1.82, 2.24) is 89.3 Å². The van der Waals surface area contributed by atoms with Crippen molar-refractivity contribution in [3.8, 4) is 45.4 Å². The van der Waals surface area contributed by atoms with Gasteiger partial charge < -0.3 is 48.5 Å². The minimum atomic E-state index is -0.508. The number of halogens is 8. The maximum absolute atomic E-state index is 10.7. The van der Waals surface area contributed by atoms with E-state index >= 15 is 0 Å². The number of H-pyrrole nitrogens is 2. The van der Waals surface area contributed by atoms with Gasteiger partial charge in [0.1, 0.15) is 49.7 Å². The monoisotopic (exact) mass is 1810 g/mol. The van der Waals surface area contributed by atoms with Crippen LogP contribution in [0.15, 0.2) is 162 Å². The van der Waals surface area contributed by atoms with E-state index in [1.54, 1.807) is 71.0 Å². The van der Waals surface area contributed by atoms with Crippen LogP contribution in [0.3, 0.4) is 0 Å². The third-order valence-corrected chi connectivity index (χ3v) is 20.3. The second-order valence-corrected chi connectivity index (χ2v) is 30.6. The topological polar surface area (TPSA) is 363 Å². The van der Waals surface area contributed by atoms with Crippen LogP contribution < -0.4 is 20.7 Å². The minimum absolute atomic E-state index is 0.00519. The number of amides is 1. The fourth-order valence-electron chi connectivity index (χ4n) is 11.1. The van der Waals surface area contributed by atoms with Gasteiger partial charge in [-0.15, -0.1) is 20.4 Å². The molecule has 0 atom stereocenters. The predicted molar refractivity (Wildman–Crippen MR) is 458 cm³/mol. The van der Waals surface area contributed by atoms with Crippen LogP contribution in [-0.4, -0.2) is 152 Å². The van der Waals surface area contributed by atoms with Gasteiger partial charge >= 0.3 is 7.12 Å². The van der Waals surface area contributed by atoms with Gasteiger partial charge in [0.15, 0.2) is 0 Å². The van der Waals surface area contributed by atoms with Crippen molar-refractivity contribution in [1.29, 1.82) is 0 Å². The summed E-state index contributed by atoms with van der Waals surface area (Å²) >= 11 is 41.4. The highest BCUT2D eigenvalue weighted by Crippen LogP contribution is 2.43. The van der Waals surface area contributed by atoms with Gasteiger partial charge in [0, 0.05) is 121 Å². The van der Waals surface area contributed by atoms with E-state index in [0.717, 1.165) is 124 Å². The Morgan fingerprint density at radius 2 is 1.16 bits per heavy atom. The van der Waals surface area contributed by atoms with Crippen LogP contribution in [-0.2, 0) is 41.3 Å². The van der Waals surface area contributed by atoms with Crippen LogP contribution in [0, 0.1) is 33.1 Å². The number of nitrogens with two attached hydrogens (primary N) is 1. The summed E-state index contributed by atoms with van der Waals surface area (Å²) in [7, 11) is 9.86. The molecule has 30 nitrogen and oxygen atoms in total. The van der Waals surface area contributed by atoms with Crippen molar-refractivity contribution in [3.63, 3.8) is 0 Å². The van der Waals surface area contributed by atoms with Gasteiger partial charge in [0.25, 0.3) is 11.4 Å². The number of hydrogen-bond acceptors (Lipinski definition) is 21. The van der Waals surface area contributed by atoms with Crippen molar-refractivity contribution in [3.05, 3.63) is 224 Å². The first-order valence-corrected chi connectivity index (χ1v) is 38.8. The third-order valence-electron chi connectivity index (χ3n) is 17.7. The number of carbonyl (C=O) groups excluding carboxylic acids is 1. The molecular formula is C76H78BBr2Cl6N21O9. The molecule has 0 bridgehead atoms. The number of nitro groups is 2. The van der Waals surface area contributed by atoms with E-state index in [2.05, 4.69) is 127 Å². The Morgan fingerprint density at radius 3 is 1.69 bits per heavy atom. The highest BCUT2D eigenvalue weighted by molar-refractivity contribution is 9.11. The summed E-state index contributed by atoms with van der Waals surface area (Å²) in [6.07, 6.45) is 20.9.